The summed E-state index contributed by atoms with van der Waals surface area (Å²) < 4.78 is 5.09. The fourth-order valence-corrected chi connectivity index (χ4v) is 3.41. The number of aliphatic hydroxyl groups excluding tert-OH is 2. The monoisotopic (exact) mass is 412 g/mol. The molecule has 1 fully saturated rings. The maximum atomic E-state index is 12.8. The Hall–Kier alpha value is -3.72. The lowest BCUT2D eigenvalue weighted by Crippen LogP contribution is -2.31. The minimum Gasteiger partial charge on any atom is -0.507 e. The van der Waals surface area contributed by atoms with Crippen LogP contribution in [0.5, 0.6) is 5.75 Å². The zero-order chi connectivity index (χ0) is 21.8. The van der Waals surface area contributed by atoms with E-state index in [1.165, 1.54) is 30.2 Å². The van der Waals surface area contributed by atoms with Gasteiger partial charge in [-0.15, -0.1) is 0 Å². The van der Waals surface area contributed by atoms with E-state index < -0.39 is 22.7 Å². The second-order valence-corrected chi connectivity index (χ2v) is 6.65. The number of nitrogens with zero attached hydrogens (tertiary/aromatic N) is 2. The molecule has 156 valence electrons. The van der Waals surface area contributed by atoms with E-state index in [-0.39, 0.29) is 36.6 Å². The Morgan fingerprint density at radius 3 is 2.50 bits per heavy atom. The largest absolute Gasteiger partial charge is 0.507 e. The normalized spacial score (nSPS) is 17.9. The predicted octanol–water partition coefficient (Wildman–Crippen LogP) is 2.41. The van der Waals surface area contributed by atoms with Gasteiger partial charge in [-0.05, 0) is 36.2 Å². The van der Waals surface area contributed by atoms with Gasteiger partial charge in [-0.1, -0.05) is 12.1 Å². The first-order valence-electron chi connectivity index (χ1n) is 9.17. The van der Waals surface area contributed by atoms with Gasteiger partial charge in [-0.2, -0.15) is 0 Å². The number of non-ortho nitro benzene ring substituents is 1. The Kier molecular flexibility index (Phi) is 6.12. The van der Waals surface area contributed by atoms with Crippen molar-refractivity contribution in [2.75, 3.05) is 20.3 Å². The van der Waals surface area contributed by atoms with E-state index in [4.69, 9.17) is 9.84 Å². The first kappa shape index (κ1) is 21.0. The number of hydrogen-bond acceptors (Lipinski definition) is 7. The second-order valence-electron chi connectivity index (χ2n) is 6.65. The van der Waals surface area contributed by atoms with Crippen LogP contribution in [-0.4, -0.2) is 52.0 Å². The topological polar surface area (TPSA) is 130 Å². The lowest BCUT2D eigenvalue weighted by atomic mass is 9.95. The predicted molar refractivity (Wildman–Crippen MR) is 107 cm³/mol. The fourth-order valence-electron chi connectivity index (χ4n) is 3.41. The van der Waals surface area contributed by atoms with Gasteiger partial charge >= 0.3 is 0 Å². The highest BCUT2D eigenvalue weighted by Gasteiger charge is 2.46. The molecule has 1 heterocycles. The van der Waals surface area contributed by atoms with Crippen molar-refractivity contribution in [3.63, 3.8) is 0 Å². The van der Waals surface area contributed by atoms with Crippen LogP contribution in [0.3, 0.4) is 0 Å². The van der Waals surface area contributed by atoms with Crippen molar-refractivity contribution in [3.8, 4) is 5.75 Å². The molecule has 0 radical (unpaired) electrons. The Morgan fingerprint density at radius 1 is 1.20 bits per heavy atom. The average molecular weight is 412 g/mol. The molecule has 0 aliphatic carbocycles. The molecule has 0 saturated carbocycles. The number of carbonyl (C=O) groups is 2. The van der Waals surface area contributed by atoms with Crippen LogP contribution >= 0.6 is 0 Å². The summed E-state index contributed by atoms with van der Waals surface area (Å²) in [5.41, 5.74) is 0.246. The van der Waals surface area contributed by atoms with Gasteiger partial charge in [0.25, 0.3) is 17.4 Å². The second kappa shape index (κ2) is 8.75. The number of nitro benzene ring substituents is 1. The van der Waals surface area contributed by atoms with Crippen molar-refractivity contribution >= 4 is 23.1 Å². The molecule has 1 atom stereocenters. The Bertz CT molecular complexity index is 1010. The van der Waals surface area contributed by atoms with Crippen LogP contribution in [0.25, 0.3) is 5.76 Å². The molecule has 1 amide bonds. The summed E-state index contributed by atoms with van der Waals surface area (Å²) in [6.07, 6.45) is 0.209. The Labute approximate surface area is 172 Å². The van der Waals surface area contributed by atoms with Gasteiger partial charge in [0.15, 0.2) is 0 Å². The highest BCUT2D eigenvalue weighted by atomic mass is 16.6. The number of likely N-dealkylation sites (tertiary alicyclic amines) is 1. The molecule has 1 aliphatic rings. The van der Waals surface area contributed by atoms with Crippen LogP contribution in [0.2, 0.25) is 0 Å². The molecule has 1 aliphatic heterocycles. The molecule has 3 rings (SSSR count). The van der Waals surface area contributed by atoms with E-state index in [1.54, 1.807) is 30.3 Å². The van der Waals surface area contributed by atoms with Gasteiger partial charge in [0, 0.05) is 30.8 Å². The summed E-state index contributed by atoms with van der Waals surface area (Å²) in [4.78, 5) is 37.3. The van der Waals surface area contributed by atoms with Crippen molar-refractivity contribution in [3.05, 3.63) is 75.3 Å². The fraction of sp³-hybridized carbons (Fsp3) is 0.238. The summed E-state index contributed by atoms with van der Waals surface area (Å²) in [5.74, 6) is -1.57. The number of ether oxygens (including phenoxy) is 1. The van der Waals surface area contributed by atoms with Gasteiger partial charge in [0.1, 0.15) is 11.5 Å². The first-order chi connectivity index (χ1) is 14.4. The van der Waals surface area contributed by atoms with Gasteiger partial charge in [-0.25, -0.2) is 0 Å². The van der Waals surface area contributed by atoms with Crippen molar-refractivity contribution in [2.45, 2.75) is 12.5 Å². The quantitative estimate of drug-likeness (QED) is 0.235. The highest BCUT2D eigenvalue weighted by Crippen LogP contribution is 2.40. The standard InChI is InChI=1S/C21H20N2O7/c1-30-16-8-6-13(7-9-16)19(25)17-18(14-4-2-5-15(12-14)23(28)29)22(10-3-11-24)21(27)20(17)26/h2,4-9,12,18,24-25H,3,10-11H2,1H3/b19-17+/t18-/m1/s1. The Morgan fingerprint density at radius 2 is 1.90 bits per heavy atom. The van der Waals surface area contributed by atoms with Crippen LogP contribution in [0.15, 0.2) is 54.1 Å². The third-order valence-corrected chi connectivity index (χ3v) is 4.86. The van der Waals surface area contributed by atoms with Crippen molar-refractivity contribution in [1.29, 1.82) is 0 Å². The molecular weight excluding hydrogens is 392 g/mol. The molecule has 30 heavy (non-hydrogen) atoms. The van der Waals surface area contributed by atoms with Gasteiger partial charge in [-0.3, -0.25) is 19.7 Å². The van der Waals surface area contributed by atoms with E-state index in [9.17, 15) is 24.8 Å². The van der Waals surface area contributed by atoms with Crippen LogP contribution in [-0.2, 0) is 9.59 Å². The number of methoxy groups -OCH3 is 1. The maximum absolute atomic E-state index is 12.8. The summed E-state index contributed by atoms with van der Waals surface area (Å²) in [6, 6.07) is 10.8. The number of hydrogen-bond donors (Lipinski definition) is 2. The molecule has 9 heteroatoms. The molecule has 0 aromatic heterocycles. The number of benzene rings is 2. The molecule has 1 saturated heterocycles. The highest BCUT2D eigenvalue weighted by molar-refractivity contribution is 6.46. The molecule has 9 nitrogen and oxygen atoms in total. The number of ketones is 1. The summed E-state index contributed by atoms with van der Waals surface area (Å²) in [6.45, 7) is -0.156. The lowest BCUT2D eigenvalue weighted by Gasteiger charge is -2.25. The third kappa shape index (κ3) is 3.87. The molecule has 2 aromatic rings. The molecular formula is C21H20N2O7. The van der Waals surface area contributed by atoms with E-state index >= 15 is 0 Å². The average Bonchev–Trinajstić information content (AvgIpc) is 3.02. The molecule has 2 aromatic carbocycles. The molecule has 0 bridgehead atoms. The van der Waals surface area contributed by atoms with E-state index in [1.807, 2.05) is 0 Å². The zero-order valence-corrected chi connectivity index (χ0v) is 16.1. The molecule has 0 unspecified atom stereocenters. The Balaban J connectivity index is 2.17. The van der Waals surface area contributed by atoms with Crippen LogP contribution in [0.4, 0.5) is 5.69 Å². The van der Waals surface area contributed by atoms with Crippen LogP contribution < -0.4 is 4.74 Å². The number of amides is 1. The minimum absolute atomic E-state index is 0.0494. The third-order valence-electron chi connectivity index (χ3n) is 4.86. The van der Waals surface area contributed by atoms with Crippen molar-refractivity contribution in [2.24, 2.45) is 0 Å². The maximum Gasteiger partial charge on any atom is 0.295 e. The molecule has 2 N–H and O–H groups in total. The van der Waals surface area contributed by atoms with E-state index in [0.29, 0.717) is 16.9 Å². The number of rotatable bonds is 7. The van der Waals surface area contributed by atoms with Crippen LogP contribution in [0.1, 0.15) is 23.6 Å². The van der Waals surface area contributed by atoms with Crippen molar-refractivity contribution < 1.29 is 29.5 Å². The van der Waals surface area contributed by atoms with Crippen LogP contribution in [0, 0.1) is 10.1 Å². The first-order valence-corrected chi connectivity index (χ1v) is 9.17. The number of Topliss-reactive ketones (excluding diaryl/α,β-unsaturated/α-hetero) is 1. The van der Waals surface area contributed by atoms with E-state index in [2.05, 4.69) is 0 Å². The number of nitro groups is 1. The van der Waals surface area contributed by atoms with E-state index in [0.717, 1.165) is 0 Å². The SMILES string of the molecule is COc1ccc(/C(O)=C2\C(=O)C(=O)N(CCCO)[C@@H]2c2cccc([N+](=O)[O-])c2)cc1. The van der Waals surface area contributed by atoms with Gasteiger partial charge < -0.3 is 19.8 Å². The van der Waals surface area contributed by atoms with Gasteiger partial charge in [0.05, 0.1) is 23.6 Å². The summed E-state index contributed by atoms with van der Waals surface area (Å²) >= 11 is 0. The minimum atomic E-state index is -1.02. The zero-order valence-electron chi connectivity index (χ0n) is 16.1. The smallest absolute Gasteiger partial charge is 0.295 e. The number of aliphatic hydroxyl groups is 2. The molecule has 0 spiro atoms. The summed E-state index contributed by atoms with van der Waals surface area (Å²) in [7, 11) is 1.49. The van der Waals surface area contributed by atoms with Gasteiger partial charge in [0.2, 0.25) is 0 Å². The van der Waals surface area contributed by atoms with Crippen molar-refractivity contribution in [1.82, 2.24) is 4.90 Å². The summed E-state index contributed by atoms with van der Waals surface area (Å²) in [5, 5.41) is 31.3. The number of carbonyl (C=O) groups excluding carboxylic acids is 2. The lowest BCUT2D eigenvalue weighted by molar-refractivity contribution is -0.384.